The fourth-order valence-electron chi connectivity index (χ4n) is 4.10. The second kappa shape index (κ2) is 5.34. The fourth-order valence-corrected chi connectivity index (χ4v) is 4.10. The molecule has 4 aliphatic rings. The Morgan fingerprint density at radius 3 is 1.68 bits per heavy atom. The first-order valence-electron chi connectivity index (χ1n) is 8.27. The fraction of sp³-hybridized carbons (Fsp3) is 1.00. The molecule has 0 aromatic carbocycles. The Hall–Kier alpha value is -0.120. The topological polar surface area (TPSA) is 34.3 Å². The van der Waals surface area contributed by atoms with Gasteiger partial charge in [0.15, 0.2) is 0 Å². The van der Waals surface area contributed by atoms with Crippen molar-refractivity contribution in [3.05, 3.63) is 0 Å². The molecular weight excluding hydrogens is 240 g/mol. The molecule has 3 heteroatoms. The van der Waals surface area contributed by atoms with Gasteiger partial charge >= 0.3 is 0 Å². The van der Waals surface area contributed by atoms with E-state index in [0.717, 1.165) is 25.0 Å². The van der Waals surface area contributed by atoms with Crippen LogP contribution < -0.4 is 0 Å². The lowest BCUT2D eigenvalue weighted by molar-refractivity contribution is 0.0994. The number of hydrogen-bond acceptors (Lipinski definition) is 3. The van der Waals surface area contributed by atoms with Crippen LogP contribution in [0.3, 0.4) is 0 Å². The smallest absolute Gasteiger partial charge is 0.0844 e. The van der Waals surface area contributed by atoms with Gasteiger partial charge in [-0.15, -0.1) is 0 Å². The van der Waals surface area contributed by atoms with E-state index >= 15 is 0 Å². The van der Waals surface area contributed by atoms with Crippen LogP contribution in [-0.4, -0.2) is 37.6 Å². The lowest BCUT2D eigenvalue weighted by atomic mass is 9.87. The van der Waals surface area contributed by atoms with Crippen molar-refractivity contribution in [2.45, 2.75) is 75.8 Å². The van der Waals surface area contributed by atoms with E-state index in [2.05, 4.69) is 0 Å². The zero-order valence-electron chi connectivity index (χ0n) is 11.8. The Labute approximate surface area is 116 Å². The minimum atomic E-state index is 0.618. The van der Waals surface area contributed by atoms with Crippen LogP contribution in [-0.2, 0) is 14.2 Å². The van der Waals surface area contributed by atoms with Gasteiger partial charge in [-0.2, -0.15) is 0 Å². The first-order valence-corrected chi connectivity index (χ1v) is 8.27. The van der Waals surface area contributed by atoms with E-state index in [1.54, 1.807) is 0 Å². The van der Waals surface area contributed by atoms with Crippen molar-refractivity contribution in [2.24, 2.45) is 11.8 Å². The minimum absolute atomic E-state index is 0.618. The van der Waals surface area contributed by atoms with Gasteiger partial charge in [0, 0.05) is 13.2 Å². The van der Waals surface area contributed by atoms with E-state index in [1.807, 2.05) is 0 Å². The Kier molecular flexibility index (Phi) is 3.55. The monoisotopic (exact) mass is 266 g/mol. The number of ether oxygens (including phenoxy) is 3. The molecule has 4 rings (SSSR count). The van der Waals surface area contributed by atoms with Gasteiger partial charge in [-0.25, -0.2) is 0 Å². The normalized spacial score (nSPS) is 47.4. The molecule has 0 aromatic rings. The van der Waals surface area contributed by atoms with Crippen molar-refractivity contribution < 1.29 is 14.2 Å². The summed E-state index contributed by atoms with van der Waals surface area (Å²) >= 11 is 0. The van der Waals surface area contributed by atoms with Crippen LogP contribution in [0.2, 0.25) is 0 Å². The average molecular weight is 266 g/mol. The molecule has 19 heavy (non-hydrogen) atoms. The second-order valence-corrected chi connectivity index (χ2v) is 6.97. The van der Waals surface area contributed by atoms with Crippen LogP contribution >= 0.6 is 0 Å². The van der Waals surface area contributed by atoms with E-state index in [0.29, 0.717) is 24.4 Å². The summed E-state index contributed by atoms with van der Waals surface area (Å²) < 4.78 is 17.0. The highest BCUT2D eigenvalue weighted by atomic mass is 16.6. The molecule has 0 spiro atoms. The van der Waals surface area contributed by atoms with E-state index in [4.69, 9.17) is 14.2 Å². The summed E-state index contributed by atoms with van der Waals surface area (Å²) in [6.45, 7) is 1.91. The molecule has 2 saturated carbocycles. The summed E-state index contributed by atoms with van der Waals surface area (Å²) in [6, 6.07) is 0. The molecule has 3 nitrogen and oxygen atoms in total. The summed E-state index contributed by atoms with van der Waals surface area (Å²) in [5.74, 6) is 1.72. The van der Waals surface area contributed by atoms with E-state index in [1.165, 1.54) is 51.4 Å². The van der Waals surface area contributed by atoms with Gasteiger partial charge in [-0.05, 0) is 63.2 Å². The SMILES string of the molecule is C(CC1CCC2OC2C1)OCCC1CCC2OC2C1. The zero-order chi connectivity index (χ0) is 12.7. The van der Waals surface area contributed by atoms with Gasteiger partial charge in [-0.1, -0.05) is 0 Å². The summed E-state index contributed by atoms with van der Waals surface area (Å²) in [7, 11) is 0. The zero-order valence-corrected chi connectivity index (χ0v) is 11.8. The Morgan fingerprint density at radius 1 is 0.684 bits per heavy atom. The quantitative estimate of drug-likeness (QED) is 0.547. The van der Waals surface area contributed by atoms with Gasteiger partial charge in [0.1, 0.15) is 0 Å². The van der Waals surface area contributed by atoms with Crippen molar-refractivity contribution in [2.75, 3.05) is 13.2 Å². The number of rotatable bonds is 6. The van der Waals surface area contributed by atoms with E-state index < -0.39 is 0 Å². The summed E-state index contributed by atoms with van der Waals surface area (Å²) in [4.78, 5) is 0. The van der Waals surface area contributed by atoms with Crippen LogP contribution in [0.5, 0.6) is 0 Å². The van der Waals surface area contributed by atoms with Crippen molar-refractivity contribution >= 4 is 0 Å². The minimum Gasteiger partial charge on any atom is -0.381 e. The van der Waals surface area contributed by atoms with Crippen LogP contribution in [0, 0.1) is 11.8 Å². The Morgan fingerprint density at radius 2 is 1.21 bits per heavy atom. The standard InChI is InChI=1S/C16H26O3/c1-3-13-15(18-13)9-11(1)5-7-17-8-6-12-2-4-14-16(10-12)19-14/h11-16H,1-10H2. The molecule has 108 valence electrons. The van der Waals surface area contributed by atoms with Crippen LogP contribution in [0.4, 0.5) is 0 Å². The van der Waals surface area contributed by atoms with Crippen molar-refractivity contribution in [3.63, 3.8) is 0 Å². The van der Waals surface area contributed by atoms with Crippen LogP contribution in [0.25, 0.3) is 0 Å². The van der Waals surface area contributed by atoms with E-state index in [-0.39, 0.29) is 0 Å². The lowest BCUT2D eigenvalue weighted by Gasteiger charge is -2.20. The molecule has 2 saturated heterocycles. The molecule has 2 aliphatic heterocycles. The number of epoxide rings is 2. The van der Waals surface area contributed by atoms with Gasteiger partial charge in [0.2, 0.25) is 0 Å². The summed E-state index contributed by atoms with van der Waals surface area (Å²) in [5.41, 5.74) is 0. The van der Waals surface area contributed by atoms with Gasteiger partial charge in [0.05, 0.1) is 24.4 Å². The Bertz CT molecular complexity index is 289. The molecule has 0 aromatic heterocycles. The predicted octanol–water partition coefficient (Wildman–Crippen LogP) is 2.92. The van der Waals surface area contributed by atoms with Crippen molar-refractivity contribution in [1.82, 2.24) is 0 Å². The highest BCUT2D eigenvalue weighted by Gasteiger charge is 2.44. The molecule has 6 unspecified atom stereocenters. The molecular formula is C16H26O3. The second-order valence-electron chi connectivity index (χ2n) is 6.97. The Balaban J connectivity index is 1.05. The van der Waals surface area contributed by atoms with Crippen molar-refractivity contribution in [1.29, 1.82) is 0 Å². The first kappa shape index (κ1) is 12.6. The maximum absolute atomic E-state index is 5.86. The number of hydrogen-bond donors (Lipinski definition) is 0. The van der Waals surface area contributed by atoms with Gasteiger partial charge < -0.3 is 14.2 Å². The van der Waals surface area contributed by atoms with Crippen LogP contribution in [0.15, 0.2) is 0 Å². The molecule has 4 fully saturated rings. The lowest BCUT2D eigenvalue weighted by Crippen LogP contribution is -2.17. The van der Waals surface area contributed by atoms with E-state index in [9.17, 15) is 0 Å². The number of fused-ring (bicyclic) bond motifs is 2. The maximum atomic E-state index is 5.86. The molecule has 2 aliphatic carbocycles. The van der Waals surface area contributed by atoms with Gasteiger partial charge in [-0.3, -0.25) is 0 Å². The third kappa shape index (κ3) is 3.14. The molecule has 0 amide bonds. The third-order valence-electron chi connectivity index (χ3n) is 5.57. The van der Waals surface area contributed by atoms with Gasteiger partial charge in [0.25, 0.3) is 0 Å². The third-order valence-corrected chi connectivity index (χ3v) is 5.57. The first-order chi connectivity index (χ1) is 9.38. The van der Waals surface area contributed by atoms with Crippen LogP contribution in [0.1, 0.15) is 51.4 Å². The average Bonchev–Trinajstić information content (AvgIpc) is 3.31. The summed E-state index contributed by atoms with van der Waals surface area (Å²) in [5, 5.41) is 0. The molecule has 0 bridgehead atoms. The molecule has 6 atom stereocenters. The van der Waals surface area contributed by atoms with Crippen molar-refractivity contribution in [3.8, 4) is 0 Å². The summed E-state index contributed by atoms with van der Waals surface area (Å²) in [6.07, 6.45) is 12.9. The molecule has 0 N–H and O–H groups in total. The molecule has 2 heterocycles. The molecule has 0 radical (unpaired) electrons. The predicted molar refractivity (Wildman–Crippen MR) is 72.1 cm³/mol. The highest BCUT2D eigenvalue weighted by Crippen LogP contribution is 2.41. The largest absolute Gasteiger partial charge is 0.381 e. The highest BCUT2D eigenvalue weighted by molar-refractivity contribution is 4.92. The maximum Gasteiger partial charge on any atom is 0.0844 e.